The van der Waals surface area contributed by atoms with E-state index < -0.39 is 28.9 Å². The van der Waals surface area contributed by atoms with Crippen molar-refractivity contribution in [2.75, 3.05) is 63.9 Å². The summed E-state index contributed by atoms with van der Waals surface area (Å²) in [7, 11) is -0.362. The number of β-amino-alcohol motifs (C(OH)–C–C–N with tert-alkyl or cyclic N) is 1. The molecule has 2 aromatic carbocycles. The molecule has 2 heterocycles. The average Bonchev–Trinajstić information content (AvgIpc) is 3.29. The summed E-state index contributed by atoms with van der Waals surface area (Å²) < 4.78 is 62.7. The van der Waals surface area contributed by atoms with Crippen molar-refractivity contribution in [2.24, 2.45) is 0 Å². The van der Waals surface area contributed by atoms with Crippen LogP contribution in [0.1, 0.15) is 18.5 Å². The molecule has 4 rings (SSSR count). The molecule has 1 atom stereocenters. The van der Waals surface area contributed by atoms with Gasteiger partial charge in [0.2, 0.25) is 0 Å². The van der Waals surface area contributed by atoms with Crippen LogP contribution < -0.4 is 15.4 Å². The third-order valence-corrected chi connectivity index (χ3v) is 8.34. The van der Waals surface area contributed by atoms with Crippen LogP contribution in [0.25, 0.3) is 10.9 Å². The van der Waals surface area contributed by atoms with Gasteiger partial charge in [0, 0.05) is 56.2 Å². The van der Waals surface area contributed by atoms with E-state index >= 15 is 0 Å². The summed E-state index contributed by atoms with van der Waals surface area (Å²) in [6, 6.07) is 12.2. The molecule has 1 unspecified atom stereocenters. The number of aromatic nitrogens is 1. The summed E-state index contributed by atoms with van der Waals surface area (Å²) in [6.45, 7) is 2.27. The van der Waals surface area contributed by atoms with Gasteiger partial charge in [-0.1, -0.05) is 12.0 Å². The number of sulfone groups is 1. The zero-order valence-corrected chi connectivity index (χ0v) is 24.9. The van der Waals surface area contributed by atoms with Gasteiger partial charge in [-0.3, -0.25) is 0 Å². The van der Waals surface area contributed by atoms with E-state index in [0.717, 1.165) is 43.3 Å². The van der Waals surface area contributed by atoms with E-state index in [1.54, 1.807) is 17.7 Å². The first-order chi connectivity index (χ1) is 20.1. The predicted octanol–water partition coefficient (Wildman–Crippen LogP) is 3.67. The minimum atomic E-state index is -3.38. The van der Waals surface area contributed by atoms with Crippen molar-refractivity contribution in [1.82, 2.24) is 9.47 Å². The normalized spacial score (nSPS) is 15.4. The van der Waals surface area contributed by atoms with Crippen LogP contribution in [0.15, 0.2) is 47.4 Å². The zero-order valence-electron chi connectivity index (χ0n) is 24.1. The van der Waals surface area contributed by atoms with Gasteiger partial charge in [-0.2, -0.15) is 0 Å². The van der Waals surface area contributed by atoms with Crippen molar-refractivity contribution in [1.29, 1.82) is 0 Å². The van der Waals surface area contributed by atoms with E-state index in [2.05, 4.69) is 27.4 Å². The summed E-state index contributed by atoms with van der Waals surface area (Å²) in [6.07, 6.45) is -0.159. The van der Waals surface area contributed by atoms with E-state index in [1.807, 2.05) is 24.3 Å². The number of ether oxygens (including phenoxy) is 2. The number of fused-ring (bicyclic) bond motifs is 1. The van der Waals surface area contributed by atoms with Crippen molar-refractivity contribution >= 4 is 32.1 Å². The summed E-state index contributed by atoms with van der Waals surface area (Å²) in [5.41, 5.74) is 2.59. The number of aliphatic hydroxyl groups is 1. The first-order valence-electron chi connectivity index (χ1n) is 13.8. The second kappa shape index (κ2) is 14.2. The highest BCUT2D eigenvalue weighted by atomic mass is 32.2. The SMILES string of the molecule is COCC(O)CN1CCC(Nc2cccc3c2cc(C#CCNc2ccc(S(C)(=O)=O)cc2OC)n3CC(F)F)CC1. The molecule has 1 fully saturated rings. The van der Waals surface area contributed by atoms with E-state index in [4.69, 9.17) is 9.47 Å². The maximum Gasteiger partial charge on any atom is 0.256 e. The van der Waals surface area contributed by atoms with Crippen LogP contribution in [-0.4, -0.2) is 94.8 Å². The number of anilines is 2. The molecule has 1 aliphatic heterocycles. The molecule has 228 valence electrons. The first kappa shape index (κ1) is 31.6. The highest BCUT2D eigenvalue weighted by Gasteiger charge is 2.22. The Balaban J connectivity index is 1.49. The van der Waals surface area contributed by atoms with Crippen LogP contribution >= 0.6 is 0 Å². The van der Waals surface area contributed by atoms with Crippen LogP contribution in [0.4, 0.5) is 20.2 Å². The number of benzene rings is 2. The molecule has 12 heteroatoms. The van der Waals surface area contributed by atoms with Gasteiger partial charge >= 0.3 is 0 Å². The lowest BCUT2D eigenvalue weighted by Crippen LogP contribution is -2.43. The number of hydrogen-bond acceptors (Lipinski definition) is 8. The Bertz CT molecular complexity index is 1530. The number of methoxy groups -OCH3 is 2. The average molecular weight is 605 g/mol. The van der Waals surface area contributed by atoms with E-state index in [0.29, 0.717) is 35.8 Å². The van der Waals surface area contributed by atoms with Gasteiger partial charge in [-0.15, -0.1) is 0 Å². The fourth-order valence-electron chi connectivity index (χ4n) is 5.19. The number of alkyl halides is 2. The second-order valence-corrected chi connectivity index (χ2v) is 12.4. The highest BCUT2D eigenvalue weighted by molar-refractivity contribution is 7.90. The number of likely N-dealkylation sites (tertiary alicyclic amines) is 1. The van der Waals surface area contributed by atoms with Crippen LogP contribution in [0.3, 0.4) is 0 Å². The van der Waals surface area contributed by atoms with Crippen LogP contribution in [0, 0.1) is 11.8 Å². The number of hydrogen-bond donors (Lipinski definition) is 3. The van der Waals surface area contributed by atoms with Gasteiger partial charge in [0.25, 0.3) is 6.43 Å². The fraction of sp³-hybridized carbons (Fsp3) is 0.467. The summed E-state index contributed by atoms with van der Waals surface area (Å²) in [5, 5.41) is 17.6. The summed E-state index contributed by atoms with van der Waals surface area (Å²) >= 11 is 0. The van der Waals surface area contributed by atoms with Gasteiger partial charge in [-0.05, 0) is 49.1 Å². The summed E-state index contributed by atoms with van der Waals surface area (Å²) in [4.78, 5) is 2.36. The van der Waals surface area contributed by atoms with Crippen molar-refractivity contribution in [2.45, 2.75) is 42.9 Å². The Morgan fingerprint density at radius 3 is 2.52 bits per heavy atom. The van der Waals surface area contributed by atoms with E-state index in [9.17, 15) is 22.3 Å². The molecule has 0 saturated carbocycles. The Morgan fingerprint density at radius 1 is 1.10 bits per heavy atom. The molecule has 42 heavy (non-hydrogen) atoms. The number of aliphatic hydroxyl groups excluding tert-OH is 1. The van der Waals surface area contributed by atoms with Gasteiger partial charge in [0.05, 0.1) is 54.7 Å². The molecule has 0 aliphatic carbocycles. The number of nitrogens with one attached hydrogen (secondary N) is 2. The van der Waals surface area contributed by atoms with Crippen LogP contribution in [0.2, 0.25) is 0 Å². The zero-order chi connectivity index (χ0) is 30.3. The number of halogens is 2. The van der Waals surface area contributed by atoms with Crippen molar-refractivity contribution in [3.8, 4) is 17.6 Å². The van der Waals surface area contributed by atoms with Crippen molar-refractivity contribution in [3.63, 3.8) is 0 Å². The Hall–Kier alpha value is -3.37. The molecular weight excluding hydrogens is 566 g/mol. The van der Waals surface area contributed by atoms with Crippen LogP contribution in [-0.2, 0) is 21.1 Å². The smallest absolute Gasteiger partial charge is 0.256 e. The molecule has 1 saturated heterocycles. The maximum absolute atomic E-state index is 13.6. The standard InChI is InChI=1S/C30H38F2N4O5S/c1-40-20-23(37)18-35-14-11-21(12-15-35)34-26-7-4-8-28-25(26)16-22(36(28)19-30(31)32)6-5-13-33-27-10-9-24(42(3,38)39)17-29(27)41-2/h4,7-10,16-17,21,23,30,33-34,37H,11-15,18-20H2,1-3H3. The van der Waals surface area contributed by atoms with E-state index in [-0.39, 0.29) is 17.5 Å². The fourth-order valence-corrected chi connectivity index (χ4v) is 5.83. The van der Waals surface area contributed by atoms with Gasteiger partial charge < -0.3 is 34.7 Å². The second-order valence-electron chi connectivity index (χ2n) is 10.4. The monoisotopic (exact) mass is 604 g/mol. The molecule has 0 bridgehead atoms. The molecular formula is C30H38F2N4O5S. The largest absolute Gasteiger partial charge is 0.495 e. The van der Waals surface area contributed by atoms with Gasteiger partial charge in [-0.25, -0.2) is 17.2 Å². The lowest BCUT2D eigenvalue weighted by molar-refractivity contribution is 0.0327. The lowest BCUT2D eigenvalue weighted by atomic mass is 10.0. The molecule has 1 aromatic heterocycles. The topological polar surface area (TPSA) is 105 Å². The Morgan fingerprint density at radius 2 is 1.86 bits per heavy atom. The minimum absolute atomic E-state index is 0.142. The summed E-state index contributed by atoms with van der Waals surface area (Å²) in [5.74, 6) is 6.38. The first-order valence-corrected chi connectivity index (χ1v) is 15.6. The molecule has 0 radical (unpaired) electrons. The predicted molar refractivity (Wildman–Crippen MR) is 160 cm³/mol. The third-order valence-electron chi connectivity index (χ3n) is 7.23. The van der Waals surface area contributed by atoms with E-state index in [1.165, 1.54) is 19.2 Å². The van der Waals surface area contributed by atoms with Crippen molar-refractivity contribution in [3.05, 3.63) is 48.2 Å². The molecule has 9 nitrogen and oxygen atoms in total. The Labute approximate surface area is 245 Å². The third kappa shape index (κ3) is 8.13. The molecule has 1 aliphatic rings. The number of piperidine rings is 1. The van der Waals surface area contributed by atoms with Crippen molar-refractivity contribution < 1.29 is 31.8 Å². The maximum atomic E-state index is 13.6. The quantitative estimate of drug-likeness (QED) is 0.269. The van der Waals surface area contributed by atoms with Gasteiger partial charge in [0.1, 0.15) is 5.75 Å². The Kier molecular flexibility index (Phi) is 10.7. The minimum Gasteiger partial charge on any atom is -0.495 e. The van der Waals surface area contributed by atoms with Gasteiger partial charge in [0.15, 0.2) is 9.84 Å². The van der Waals surface area contributed by atoms with Crippen LogP contribution in [0.5, 0.6) is 5.75 Å². The number of nitrogens with zero attached hydrogens (tertiary/aromatic N) is 2. The molecule has 3 aromatic rings. The molecule has 0 spiro atoms. The molecule has 0 amide bonds. The lowest BCUT2D eigenvalue weighted by Gasteiger charge is -2.34. The highest BCUT2D eigenvalue weighted by Crippen LogP contribution is 2.30. The molecule has 3 N–H and O–H groups in total. The number of rotatable bonds is 12.